The molecule has 9 heteroatoms. The Morgan fingerprint density at radius 3 is 2.55 bits per heavy atom. The van der Waals surface area contributed by atoms with Crippen LogP contribution in [0.2, 0.25) is 0 Å². The van der Waals surface area contributed by atoms with E-state index in [1.54, 1.807) is 12.1 Å². The zero-order chi connectivity index (χ0) is 22.2. The minimum absolute atomic E-state index is 0.392. The zero-order valence-corrected chi connectivity index (χ0v) is 16.5. The summed E-state index contributed by atoms with van der Waals surface area (Å²) in [7, 11) is 0. The van der Waals surface area contributed by atoms with E-state index in [-0.39, 0.29) is 0 Å². The highest BCUT2D eigenvalue weighted by Gasteiger charge is 2.53. The Bertz CT molecular complexity index is 1050. The second-order valence-corrected chi connectivity index (χ2v) is 7.68. The molecule has 2 aromatic carbocycles. The number of alkyl halides is 3. The van der Waals surface area contributed by atoms with Crippen LogP contribution in [0.1, 0.15) is 36.0 Å². The second kappa shape index (κ2) is 7.72. The molecular formula is C22H20F3N3O3. The SMILES string of the molecule is O=C(CN1C(=O)NC2(CCCCc3ccccc32)C1=O)Nc1ccccc1C(F)(F)F. The van der Waals surface area contributed by atoms with E-state index in [1.165, 1.54) is 12.1 Å². The van der Waals surface area contributed by atoms with Gasteiger partial charge in [0.1, 0.15) is 12.1 Å². The van der Waals surface area contributed by atoms with E-state index in [0.29, 0.717) is 18.4 Å². The summed E-state index contributed by atoms with van der Waals surface area (Å²) < 4.78 is 39.5. The Hall–Kier alpha value is -3.36. The third kappa shape index (κ3) is 3.75. The van der Waals surface area contributed by atoms with Gasteiger partial charge in [0.25, 0.3) is 5.91 Å². The first-order valence-electron chi connectivity index (χ1n) is 9.91. The normalized spacial score (nSPS) is 20.9. The predicted octanol–water partition coefficient (Wildman–Crippen LogP) is 3.82. The van der Waals surface area contributed by atoms with E-state index < -0.39 is 47.4 Å². The number of rotatable bonds is 3. The first kappa shape index (κ1) is 20.9. The Labute approximate surface area is 176 Å². The predicted molar refractivity (Wildman–Crippen MR) is 106 cm³/mol. The summed E-state index contributed by atoms with van der Waals surface area (Å²) in [5.74, 6) is -1.45. The third-order valence-electron chi connectivity index (χ3n) is 5.71. The van der Waals surface area contributed by atoms with E-state index in [2.05, 4.69) is 10.6 Å². The van der Waals surface area contributed by atoms with E-state index in [1.807, 2.05) is 12.1 Å². The van der Waals surface area contributed by atoms with Crippen molar-refractivity contribution in [2.75, 3.05) is 11.9 Å². The van der Waals surface area contributed by atoms with E-state index in [0.717, 1.165) is 35.4 Å². The Balaban J connectivity index is 1.57. The molecule has 1 heterocycles. The van der Waals surface area contributed by atoms with Gasteiger partial charge in [-0.25, -0.2) is 4.79 Å². The van der Waals surface area contributed by atoms with Crippen molar-refractivity contribution in [2.24, 2.45) is 0 Å². The molecule has 2 N–H and O–H groups in total. The van der Waals surface area contributed by atoms with Crippen LogP contribution < -0.4 is 10.6 Å². The number of carbonyl (C=O) groups excluding carboxylic acids is 3. The maximum atomic E-state index is 13.3. The van der Waals surface area contributed by atoms with Gasteiger partial charge in [0, 0.05) is 0 Å². The average Bonchev–Trinajstić information content (AvgIpc) is 2.86. The summed E-state index contributed by atoms with van der Waals surface area (Å²) in [5.41, 5.74) is -1.03. The fraction of sp³-hybridized carbons (Fsp3) is 0.318. The maximum absolute atomic E-state index is 13.3. The number of urea groups is 1. The molecular weight excluding hydrogens is 411 g/mol. The molecule has 4 rings (SSSR count). The average molecular weight is 431 g/mol. The van der Waals surface area contributed by atoms with E-state index in [9.17, 15) is 27.6 Å². The van der Waals surface area contributed by atoms with Crippen molar-refractivity contribution in [3.05, 3.63) is 65.2 Å². The van der Waals surface area contributed by atoms with Crippen LogP contribution in [0.4, 0.5) is 23.7 Å². The van der Waals surface area contributed by atoms with Gasteiger partial charge in [-0.05, 0) is 48.9 Å². The molecule has 1 unspecified atom stereocenters. The van der Waals surface area contributed by atoms with Crippen LogP contribution in [0.5, 0.6) is 0 Å². The van der Waals surface area contributed by atoms with Crippen molar-refractivity contribution in [1.29, 1.82) is 0 Å². The van der Waals surface area contributed by atoms with Gasteiger partial charge in [-0.1, -0.05) is 36.4 Å². The maximum Gasteiger partial charge on any atom is 0.418 e. The van der Waals surface area contributed by atoms with Crippen LogP contribution in [-0.4, -0.2) is 29.3 Å². The van der Waals surface area contributed by atoms with Crippen molar-refractivity contribution in [3.63, 3.8) is 0 Å². The molecule has 0 bridgehead atoms. The van der Waals surface area contributed by atoms with Crippen LogP contribution in [-0.2, 0) is 27.7 Å². The Morgan fingerprint density at radius 2 is 1.77 bits per heavy atom. The number of amides is 4. The van der Waals surface area contributed by atoms with Gasteiger partial charge in [0.2, 0.25) is 5.91 Å². The molecule has 1 spiro atoms. The third-order valence-corrected chi connectivity index (χ3v) is 5.71. The molecule has 0 radical (unpaired) electrons. The van der Waals surface area contributed by atoms with Crippen LogP contribution in [0.25, 0.3) is 0 Å². The standard InChI is InChI=1S/C22H20F3N3O3/c23-22(24,25)16-10-3-4-11-17(16)26-18(29)13-28-19(30)21(27-20(28)31)12-6-5-8-14-7-1-2-9-15(14)21/h1-4,7,9-11H,5-6,8,12-13H2,(H,26,29)(H,27,31). The quantitative estimate of drug-likeness (QED) is 0.726. The van der Waals surface area contributed by atoms with Crippen molar-refractivity contribution in [1.82, 2.24) is 10.2 Å². The topological polar surface area (TPSA) is 78.5 Å². The van der Waals surface area contributed by atoms with Crippen molar-refractivity contribution in [3.8, 4) is 0 Å². The highest BCUT2D eigenvalue weighted by molar-refractivity contribution is 6.10. The number of hydrogen-bond donors (Lipinski definition) is 2. The fourth-order valence-electron chi connectivity index (χ4n) is 4.29. The lowest BCUT2D eigenvalue weighted by atomic mass is 9.84. The first-order chi connectivity index (χ1) is 14.7. The van der Waals surface area contributed by atoms with Crippen LogP contribution in [0.3, 0.4) is 0 Å². The molecule has 2 aliphatic rings. The lowest BCUT2D eigenvalue weighted by Crippen LogP contribution is -2.44. The number of nitrogens with one attached hydrogen (secondary N) is 2. The lowest BCUT2D eigenvalue weighted by Gasteiger charge is -2.27. The summed E-state index contributed by atoms with van der Waals surface area (Å²) in [6, 6.07) is 11.2. The number of benzene rings is 2. The van der Waals surface area contributed by atoms with Gasteiger partial charge in [-0.15, -0.1) is 0 Å². The van der Waals surface area contributed by atoms with Crippen LogP contribution >= 0.6 is 0 Å². The summed E-state index contributed by atoms with van der Waals surface area (Å²) in [6.45, 7) is -0.680. The van der Waals surface area contributed by atoms with Crippen LogP contribution in [0.15, 0.2) is 48.5 Å². The molecule has 4 amide bonds. The highest BCUT2D eigenvalue weighted by atomic mass is 19.4. The van der Waals surface area contributed by atoms with E-state index in [4.69, 9.17) is 0 Å². The van der Waals surface area contributed by atoms with Gasteiger partial charge in [-0.3, -0.25) is 14.5 Å². The second-order valence-electron chi connectivity index (χ2n) is 7.68. The van der Waals surface area contributed by atoms with Crippen molar-refractivity contribution in [2.45, 2.75) is 37.4 Å². The number of halogens is 3. The molecule has 1 aliphatic carbocycles. The number of imide groups is 1. The number of anilines is 1. The molecule has 31 heavy (non-hydrogen) atoms. The number of fused-ring (bicyclic) bond motifs is 2. The van der Waals surface area contributed by atoms with Crippen molar-refractivity contribution >= 4 is 23.5 Å². The molecule has 0 aromatic heterocycles. The number of nitrogens with zero attached hydrogens (tertiary/aromatic N) is 1. The monoisotopic (exact) mass is 431 g/mol. The molecule has 162 valence electrons. The minimum atomic E-state index is -4.65. The summed E-state index contributed by atoms with van der Waals surface area (Å²) in [4.78, 5) is 39.2. The molecule has 6 nitrogen and oxygen atoms in total. The molecule has 2 aromatic rings. The highest BCUT2D eigenvalue weighted by Crippen LogP contribution is 2.39. The van der Waals surface area contributed by atoms with Gasteiger partial charge in [-0.2, -0.15) is 13.2 Å². The smallest absolute Gasteiger partial charge is 0.324 e. The summed E-state index contributed by atoms with van der Waals surface area (Å²) in [6.07, 6.45) is -1.92. The Kier molecular flexibility index (Phi) is 5.20. The largest absolute Gasteiger partial charge is 0.418 e. The zero-order valence-electron chi connectivity index (χ0n) is 16.5. The minimum Gasteiger partial charge on any atom is -0.324 e. The molecule has 0 saturated carbocycles. The fourth-order valence-corrected chi connectivity index (χ4v) is 4.29. The first-order valence-corrected chi connectivity index (χ1v) is 9.91. The molecule has 1 saturated heterocycles. The molecule has 1 atom stereocenters. The van der Waals surface area contributed by atoms with E-state index >= 15 is 0 Å². The Morgan fingerprint density at radius 1 is 1.06 bits per heavy atom. The van der Waals surface area contributed by atoms with Crippen LogP contribution in [0, 0.1) is 0 Å². The number of carbonyl (C=O) groups is 3. The van der Waals surface area contributed by atoms with Gasteiger partial charge in [0.15, 0.2) is 0 Å². The number of aryl methyl sites for hydroxylation is 1. The van der Waals surface area contributed by atoms with Gasteiger partial charge in [0.05, 0.1) is 11.3 Å². The molecule has 1 fully saturated rings. The van der Waals surface area contributed by atoms with Gasteiger partial charge < -0.3 is 10.6 Å². The number of hydrogen-bond acceptors (Lipinski definition) is 3. The van der Waals surface area contributed by atoms with Crippen molar-refractivity contribution < 1.29 is 27.6 Å². The lowest BCUT2D eigenvalue weighted by molar-refractivity contribution is -0.137. The van der Waals surface area contributed by atoms with Gasteiger partial charge >= 0.3 is 12.2 Å². The summed E-state index contributed by atoms with van der Waals surface area (Å²) in [5, 5.41) is 4.92. The summed E-state index contributed by atoms with van der Waals surface area (Å²) >= 11 is 0. The number of para-hydroxylation sites is 1. The molecule has 1 aliphatic heterocycles.